The van der Waals surface area contributed by atoms with Crippen LogP contribution in [0.2, 0.25) is 0 Å². The number of aliphatic carboxylic acids is 1. The van der Waals surface area contributed by atoms with Crippen molar-refractivity contribution in [2.75, 3.05) is 13.7 Å². The van der Waals surface area contributed by atoms with E-state index in [2.05, 4.69) is 6.08 Å². The second kappa shape index (κ2) is 7.81. The van der Waals surface area contributed by atoms with Crippen LogP contribution >= 0.6 is 0 Å². The van der Waals surface area contributed by atoms with Crippen molar-refractivity contribution in [1.82, 2.24) is 0 Å². The molecule has 1 N–H and O–H groups in total. The Morgan fingerprint density at radius 1 is 1.27 bits per heavy atom. The lowest BCUT2D eigenvalue weighted by atomic mass is 9.73. The van der Waals surface area contributed by atoms with E-state index in [4.69, 9.17) is 14.6 Å². The van der Waals surface area contributed by atoms with Crippen molar-refractivity contribution in [1.29, 1.82) is 0 Å². The summed E-state index contributed by atoms with van der Waals surface area (Å²) in [5.41, 5.74) is 2.81. The van der Waals surface area contributed by atoms with Crippen molar-refractivity contribution in [2.45, 2.75) is 39.0 Å². The molecule has 26 heavy (non-hydrogen) atoms. The highest BCUT2D eigenvalue weighted by molar-refractivity contribution is 5.83. The van der Waals surface area contributed by atoms with E-state index < -0.39 is 5.97 Å². The van der Waals surface area contributed by atoms with Crippen molar-refractivity contribution in [3.63, 3.8) is 0 Å². The molecule has 1 aliphatic carbocycles. The average Bonchev–Trinajstić information content (AvgIpc) is 2.77. The van der Waals surface area contributed by atoms with Gasteiger partial charge in [0.15, 0.2) is 0 Å². The maximum absolute atomic E-state index is 10.9. The lowest BCUT2D eigenvalue weighted by Crippen LogP contribution is -2.28. The highest BCUT2D eigenvalue weighted by atomic mass is 16.5. The van der Waals surface area contributed by atoms with Gasteiger partial charge in [-0.25, -0.2) is 4.79 Å². The molecule has 0 saturated heterocycles. The van der Waals surface area contributed by atoms with Crippen molar-refractivity contribution < 1.29 is 19.4 Å². The molecule has 1 aromatic rings. The van der Waals surface area contributed by atoms with E-state index >= 15 is 0 Å². The molecule has 1 spiro atoms. The molecule has 1 aliphatic heterocycles. The van der Waals surface area contributed by atoms with E-state index in [0.717, 1.165) is 35.5 Å². The van der Waals surface area contributed by atoms with Gasteiger partial charge in [-0.15, -0.1) is 0 Å². The Hall–Kier alpha value is -2.49. The van der Waals surface area contributed by atoms with Gasteiger partial charge in [-0.05, 0) is 49.1 Å². The van der Waals surface area contributed by atoms with E-state index in [9.17, 15) is 4.79 Å². The molecule has 1 heterocycles. The van der Waals surface area contributed by atoms with Crippen molar-refractivity contribution >= 4 is 11.5 Å². The average molecular weight is 354 g/mol. The summed E-state index contributed by atoms with van der Waals surface area (Å²) < 4.78 is 11.6. The van der Waals surface area contributed by atoms with E-state index in [0.29, 0.717) is 12.2 Å². The van der Waals surface area contributed by atoms with Crippen molar-refractivity contribution in [3.05, 3.63) is 53.6 Å². The zero-order chi connectivity index (χ0) is 18.6. The van der Waals surface area contributed by atoms with Crippen molar-refractivity contribution in [2.24, 2.45) is 5.41 Å². The molecule has 0 bridgehead atoms. The molecular formula is C22H26O4. The molecule has 2 aliphatic rings. The number of allylic oxidation sites excluding steroid dienone is 4. The number of hydrogen-bond donors (Lipinski definition) is 1. The number of hydrogen-bond acceptors (Lipinski definition) is 3. The van der Waals surface area contributed by atoms with Crippen LogP contribution in [0.5, 0.6) is 11.5 Å². The standard InChI is InChI=1S/C22H26O4/c1-16(12-21(23)24)6-7-17-14-22(10-4-3-5-11-22)15-26-20-9-8-18(25-2)13-19(17)20/h6-9,12-14H,3-5,10-11,15H2,1-2H3,(H,23,24). The van der Waals surface area contributed by atoms with Crippen molar-refractivity contribution in [3.8, 4) is 11.5 Å². The van der Waals surface area contributed by atoms with Gasteiger partial charge in [0.05, 0.1) is 13.7 Å². The third kappa shape index (κ3) is 4.18. The number of ether oxygens (including phenoxy) is 2. The summed E-state index contributed by atoms with van der Waals surface area (Å²) in [6.07, 6.45) is 13.4. The van der Waals surface area contributed by atoms with Crippen LogP contribution in [0, 0.1) is 5.41 Å². The molecule has 0 amide bonds. The van der Waals surface area contributed by atoms with E-state index in [-0.39, 0.29) is 5.41 Å². The maximum atomic E-state index is 10.9. The second-order valence-electron chi connectivity index (χ2n) is 7.23. The van der Waals surface area contributed by atoms with Crippen LogP contribution < -0.4 is 9.47 Å². The van der Waals surface area contributed by atoms with Crippen LogP contribution in [0.1, 0.15) is 44.6 Å². The first kappa shape index (κ1) is 18.3. The fraction of sp³-hybridized carbons (Fsp3) is 0.409. The molecule has 0 radical (unpaired) electrons. The monoisotopic (exact) mass is 354 g/mol. The number of carboxylic acid groups (broad SMARTS) is 1. The Bertz CT molecular complexity index is 764. The number of benzene rings is 1. The number of carboxylic acids is 1. The molecule has 4 nitrogen and oxygen atoms in total. The zero-order valence-corrected chi connectivity index (χ0v) is 15.5. The summed E-state index contributed by atoms with van der Waals surface area (Å²) >= 11 is 0. The molecule has 0 atom stereocenters. The van der Waals surface area contributed by atoms with Crippen LogP contribution in [0.3, 0.4) is 0 Å². The minimum Gasteiger partial charge on any atom is -0.497 e. The topological polar surface area (TPSA) is 55.8 Å². The fourth-order valence-electron chi connectivity index (χ4n) is 3.80. The Kier molecular flexibility index (Phi) is 5.50. The van der Waals surface area contributed by atoms with E-state index in [1.165, 1.54) is 25.3 Å². The molecule has 4 heteroatoms. The van der Waals surface area contributed by atoms with Gasteiger partial charge in [0.25, 0.3) is 0 Å². The van der Waals surface area contributed by atoms with Gasteiger partial charge in [-0.2, -0.15) is 0 Å². The van der Waals surface area contributed by atoms with Gasteiger partial charge >= 0.3 is 5.97 Å². The lowest BCUT2D eigenvalue weighted by molar-refractivity contribution is -0.131. The van der Waals surface area contributed by atoms with Gasteiger partial charge in [0.1, 0.15) is 11.5 Å². The first-order valence-corrected chi connectivity index (χ1v) is 9.15. The van der Waals surface area contributed by atoms with Crippen LogP contribution in [0.25, 0.3) is 5.57 Å². The summed E-state index contributed by atoms with van der Waals surface area (Å²) in [7, 11) is 1.65. The Balaban J connectivity index is 2.04. The predicted octanol–water partition coefficient (Wildman–Crippen LogP) is 5.01. The third-order valence-electron chi connectivity index (χ3n) is 5.20. The van der Waals surface area contributed by atoms with Gasteiger partial charge < -0.3 is 14.6 Å². The molecule has 3 rings (SSSR count). The number of rotatable bonds is 4. The molecule has 1 saturated carbocycles. The van der Waals surface area contributed by atoms with Crippen LogP contribution in [0.4, 0.5) is 0 Å². The minimum atomic E-state index is -0.934. The SMILES string of the molecule is COc1ccc2c(c1)C(C=CC(C)=CC(=O)O)=CC1(CCCCC1)CO2. The number of fused-ring (bicyclic) bond motifs is 1. The van der Waals surface area contributed by atoms with Gasteiger partial charge in [0, 0.05) is 17.1 Å². The van der Waals surface area contributed by atoms with Crippen LogP contribution in [0.15, 0.2) is 48.1 Å². The second-order valence-corrected chi connectivity index (χ2v) is 7.23. The molecule has 0 unspecified atom stereocenters. The largest absolute Gasteiger partial charge is 0.497 e. The maximum Gasteiger partial charge on any atom is 0.328 e. The Morgan fingerprint density at radius 2 is 2.04 bits per heavy atom. The third-order valence-corrected chi connectivity index (χ3v) is 5.20. The molecule has 0 aromatic heterocycles. The zero-order valence-electron chi connectivity index (χ0n) is 15.5. The molecule has 1 aromatic carbocycles. The van der Waals surface area contributed by atoms with Gasteiger partial charge in [-0.1, -0.05) is 37.5 Å². The number of carbonyl (C=O) groups is 1. The molecule has 138 valence electrons. The minimum absolute atomic E-state index is 0.0502. The first-order valence-electron chi connectivity index (χ1n) is 9.15. The van der Waals surface area contributed by atoms with E-state index in [1.54, 1.807) is 14.0 Å². The van der Waals surface area contributed by atoms with E-state index in [1.807, 2.05) is 30.4 Å². The Morgan fingerprint density at radius 3 is 2.73 bits per heavy atom. The smallest absolute Gasteiger partial charge is 0.328 e. The highest BCUT2D eigenvalue weighted by Crippen LogP contribution is 2.44. The van der Waals surface area contributed by atoms with Gasteiger partial charge in [0.2, 0.25) is 0 Å². The Labute approximate surface area is 154 Å². The first-order chi connectivity index (χ1) is 12.5. The fourth-order valence-corrected chi connectivity index (χ4v) is 3.80. The summed E-state index contributed by atoms with van der Waals surface area (Å²) in [5.74, 6) is 0.698. The summed E-state index contributed by atoms with van der Waals surface area (Å²) in [4.78, 5) is 10.9. The quantitative estimate of drug-likeness (QED) is 0.610. The molecule has 1 fully saturated rings. The predicted molar refractivity (Wildman–Crippen MR) is 103 cm³/mol. The number of methoxy groups -OCH3 is 1. The van der Waals surface area contributed by atoms with Gasteiger partial charge in [-0.3, -0.25) is 0 Å². The van der Waals surface area contributed by atoms with Crippen LogP contribution in [-0.2, 0) is 4.79 Å². The summed E-state index contributed by atoms with van der Waals surface area (Å²) in [6.45, 7) is 2.48. The normalized spacial score (nSPS) is 19.5. The molecular weight excluding hydrogens is 328 g/mol. The highest BCUT2D eigenvalue weighted by Gasteiger charge is 2.33. The lowest BCUT2D eigenvalue weighted by Gasteiger charge is -2.33. The van der Waals surface area contributed by atoms with Crippen LogP contribution in [-0.4, -0.2) is 24.8 Å². The summed E-state index contributed by atoms with van der Waals surface area (Å²) in [5, 5.41) is 8.93. The summed E-state index contributed by atoms with van der Waals surface area (Å²) in [6, 6.07) is 5.86.